The summed E-state index contributed by atoms with van der Waals surface area (Å²) >= 11 is -0.783. The van der Waals surface area contributed by atoms with Crippen LogP contribution >= 0.6 is 11.3 Å². The number of aromatic nitrogens is 4. The molecule has 0 aromatic carbocycles. The molecular weight excluding hydrogens is 370 g/mol. The van der Waals surface area contributed by atoms with Crippen LogP contribution in [0.1, 0.15) is 34.9 Å². The lowest BCUT2D eigenvalue weighted by Gasteiger charge is -2.06. The highest BCUT2D eigenvalue weighted by molar-refractivity contribution is 7.78. The van der Waals surface area contributed by atoms with Crippen LogP contribution < -0.4 is 5.32 Å². The number of aromatic amines is 1. The zero-order chi connectivity index (χ0) is 18.1. The monoisotopic (exact) mass is 384 g/mol. The molecule has 3 heterocycles. The van der Waals surface area contributed by atoms with Crippen LogP contribution in [0.4, 0.5) is 11.6 Å². The summed E-state index contributed by atoms with van der Waals surface area (Å²) in [7, 11) is 0. The van der Waals surface area contributed by atoms with Gasteiger partial charge in [0, 0.05) is 34.5 Å². The molecule has 3 aromatic heterocycles. The molecule has 1 fully saturated rings. The van der Waals surface area contributed by atoms with Crippen molar-refractivity contribution in [3.05, 3.63) is 40.5 Å². The number of thiophene rings is 1. The summed E-state index contributed by atoms with van der Waals surface area (Å²) in [5, 5.41) is 10.4. The van der Waals surface area contributed by atoms with E-state index in [-0.39, 0.29) is 5.75 Å². The first-order chi connectivity index (χ1) is 12.6. The van der Waals surface area contributed by atoms with Crippen LogP contribution in [0.25, 0.3) is 10.7 Å². The molecule has 0 spiro atoms. The standard InChI is InChI=1S/C17H15N5O2S2/c1-2-10-8-18-17(14-6-5-12(25-14)9-26(23)24)20-16(10)19-15-7-13(21-22-15)11-3-4-11/h1,5-8,11H,3-4,9H2,(H,23,24)(H2,18,19,20,21,22)/p-1. The summed E-state index contributed by atoms with van der Waals surface area (Å²) in [5.41, 5.74) is 1.64. The fraction of sp³-hybridized carbons (Fsp3) is 0.235. The number of nitrogens with zero attached hydrogens (tertiary/aromatic N) is 3. The summed E-state index contributed by atoms with van der Waals surface area (Å²) < 4.78 is 21.7. The van der Waals surface area contributed by atoms with Gasteiger partial charge >= 0.3 is 0 Å². The first-order valence-electron chi connectivity index (χ1n) is 7.93. The Morgan fingerprint density at radius 2 is 2.31 bits per heavy atom. The smallest absolute Gasteiger partial charge is 0.171 e. The molecule has 0 radical (unpaired) electrons. The molecule has 26 heavy (non-hydrogen) atoms. The molecule has 3 aromatic rings. The number of hydrogen-bond acceptors (Lipinski definition) is 7. The van der Waals surface area contributed by atoms with Crippen LogP contribution in [0.15, 0.2) is 24.4 Å². The quantitative estimate of drug-likeness (QED) is 0.500. The third-order valence-electron chi connectivity index (χ3n) is 3.95. The van der Waals surface area contributed by atoms with E-state index in [4.69, 9.17) is 6.42 Å². The Labute approximate surface area is 156 Å². The minimum Gasteiger partial charge on any atom is -0.772 e. The number of anilines is 2. The molecule has 1 saturated carbocycles. The summed E-state index contributed by atoms with van der Waals surface area (Å²) in [6, 6.07) is 5.53. The van der Waals surface area contributed by atoms with Crippen molar-refractivity contribution >= 4 is 34.1 Å². The van der Waals surface area contributed by atoms with Crippen LogP contribution in [0.3, 0.4) is 0 Å². The lowest BCUT2D eigenvalue weighted by Crippen LogP contribution is -2.00. The highest BCUT2D eigenvalue weighted by Crippen LogP contribution is 2.39. The fourth-order valence-electron chi connectivity index (χ4n) is 2.52. The topological polar surface area (TPSA) is 107 Å². The predicted molar refractivity (Wildman–Crippen MR) is 99.7 cm³/mol. The van der Waals surface area contributed by atoms with E-state index in [1.54, 1.807) is 18.3 Å². The molecule has 2 N–H and O–H groups in total. The first-order valence-corrected chi connectivity index (χ1v) is 9.99. The van der Waals surface area contributed by atoms with E-state index in [9.17, 15) is 8.76 Å². The molecule has 4 rings (SSSR count). The number of rotatable bonds is 6. The Hall–Kier alpha value is -2.54. The molecule has 0 bridgehead atoms. The third-order valence-corrected chi connectivity index (χ3v) is 5.76. The normalized spacial score (nSPS) is 14.8. The summed E-state index contributed by atoms with van der Waals surface area (Å²) in [6.45, 7) is 0. The van der Waals surface area contributed by atoms with E-state index >= 15 is 0 Å². The lowest BCUT2D eigenvalue weighted by molar-refractivity contribution is 0.536. The molecule has 0 saturated heterocycles. The minimum atomic E-state index is -2.12. The Balaban J connectivity index is 1.61. The second-order valence-electron chi connectivity index (χ2n) is 5.92. The molecule has 1 unspecified atom stereocenters. The maximum Gasteiger partial charge on any atom is 0.171 e. The second kappa shape index (κ2) is 6.99. The predicted octanol–water partition coefficient (Wildman–Crippen LogP) is 2.91. The van der Waals surface area contributed by atoms with Gasteiger partial charge in [0.1, 0.15) is 0 Å². The van der Waals surface area contributed by atoms with E-state index in [1.807, 2.05) is 6.07 Å². The molecule has 0 aliphatic heterocycles. The van der Waals surface area contributed by atoms with Crippen molar-refractivity contribution in [1.82, 2.24) is 20.2 Å². The molecule has 1 aliphatic carbocycles. The number of nitrogens with one attached hydrogen (secondary N) is 2. The van der Waals surface area contributed by atoms with Gasteiger partial charge in [-0.3, -0.25) is 9.31 Å². The number of H-pyrrole nitrogens is 1. The van der Waals surface area contributed by atoms with Gasteiger partial charge in [-0.15, -0.1) is 17.8 Å². The van der Waals surface area contributed by atoms with E-state index in [0.29, 0.717) is 28.9 Å². The SMILES string of the molecule is C#Cc1cnc(-c2ccc(CS(=O)[O-])s2)nc1Nc1cc(C2CC2)[nH]n1. The third kappa shape index (κ3) is 3.67. The van der Waals surface area contributed by atoms with Crippen molar-refractivity contribution in [3.8, 4) is 23.0 Å². The van der Waals surface area contributed by atoms with Crippen LogP contribution in [-0.4, -0.2) is 28.9 Å². The van der Waals surface area contributed by atoms with Gasteiger partial charge in [0.15, 0.2) is 17.5 Å². The molecule has 0 amide bonds. The van der Waals surface area contributed by atoms with Crippen molar-refractivity contribution in [2.24, 2.45) is 0 Å². The van der Waals surface area contributed by atoms with Gasteiger partial charge in [-0.25, -0.2) is 9.97 Å². The van der Waals surface area contributed by atoms with Gasteiger partial charge in [0.05, 0.1) is 10.4 Å². The van der Waals surface area contributed by atoms with Crippen LogP contribution in [0.5, 0.6) is 0 Å². The Kier molecular flexibility index (Phi) is 4.55. The zero-order valence-electron chi connectivity index (χ0n) is 13.6. The zero-order valence-corrected chi connectivity index (χ0v) is 15.2. The van der Waals surface area contributed by atoms with Crippen molar-refractivity contribution in [1.29, 1.82) is 0 Å². The molecular formula is C17H14N5O2S2-. The van der Waals surface area contributed by atoms with Crippen LogP contribution in [0.2, 0.25) is 0 Å². The molecule has 132 valence electrons. The van der Waals surface area contributed by atoms with Crippen LogP contribution in [0, 0.1) is 12.3 Å². The van der Waals surface area contributed by atoms with Gasteiger partial charge in [0.2, 0.25) is 0 Å². The largest absolute Gasteiger partial charge is 0.772 e. The number of hydrogen-bond donors (Lipinski definition) is 2. The fourth-order valence-corrected chi connectivity index (χ4v) is 4.12. The molecule has 1 aliphatic rings. The average Bonchev–Trinajstić information content (AvgIpc) is 3.19. The Morgan fingerprint density at radius 1 is 1.46 bits per heavy atom. The Morgan fingerprint density at radius 3 is 3.04 bits per heavy atom. The molecule has 1 atom stereocenters. The van der Waals surface area contributed by atoms with Gasteiger partial charge in [-0.1, -0.05) is 5.92 Å². The summed E-state index contributed by atoms with van der Waals surface area (Å²) in [6.07, 6.45) is 9.49. The van der Waals surface area contributed by atoms with E-state index < -0.39 is 11.1 Å². The van der Waals surface area contributed by atoms with Gasteiger partial charge in [0.25, 0.3) is 0 Å². The maximum atomic E-state index is 10.8. The van der Waals surface area contributed by atoms with E-state index in [2.05, 4.69) is 31.4 Å². The van der Waals surface area contributed by atoms with Crippen LogP contribution in [-0.2, 0) is 16.8 Å². The Bertz CT molecular complexity index is 1020. The van der Waals surface area contributed by atoms with Gasteiger partial charge < -0.3 is 9.87 Å². The maximum absolute atomic E-state index is 10.8. The van der Waals surface area contributed by atoms with Crippen molar-refractivity contribution < 1.29 is 8.76 Å². The minimum absolute atomic E-state index is 0.0184. The van der Waals surface area contributed by atoms with Gasteiger partial charge in [-0.05, 0) is 36.1 Å². The van der Waals surface area contributed by atoms with E-state index in [0.717, 1.165) is 15.4 Å². The molecule has 7 nitrogen and oxygen atoms in total. The molecule has 9 heteroatoms. The number of terminal acetylenes is 1. The van der Waals surface area contributed by atoms with Crippen molar-refractivity contribution in [2.75, 3.05) is 5.32 Å². The van der Waals surface area contributed by atoms with E-state index in [1.165, 1.54) is 24.2 Å². The average molecular weight is 384 g/mol. The lowest BCUT2D eigenvalue weighted by atomic mass is 10.3. The first kappa shape index (κ1) is 16.9. The summed E-state index contributed by atoms with van der Waals surface area (Å²) in [5.74, 6) is 4.75. The van der Waals surface area contributed by atoms with Crippen molar-refractivity contribution in [3.63, 3.8) is 0 Å². The van der Waals surface area contributed by atoms with Crippen molar-refractivity contribution in [2.45, 2.75) is 24.5 Å². The highest BCUT2D eigenvalue weighted by Gasteiger charge is 2.25. The van der Waals surface area contributed by atoms with Gasteiger partial charge in [-0.2, -0.15) is 5.10 Å². The summed E-state index contributed by atoms with van der Waals surface area (Å²) in [4.78, 5) is 10.3. The highest BCUT2D eigenvalue weighted by atomic mass is 32.2. The second-order valence-corrected chi connectivity index (χ2v) is 7.99.